The Balaban J connectivity index is 1.69. The van der Waals surface area contributed by atoms with Crippen LogP contribution in [-0.2, 0) is 20.9 Å². The van der Waals surface area contributed by atoms with Crippen molar-refractivity contribution in [2.45, 2.75) is 38.0 Å². The first-order chi connectivity index (χ1) is 9.28. The van der Waals surface area contributed by atoms with Gasteiger partial charge in [0.15, 0.2) is 0 Å². The Morgan fingerprint density at radius 3 is 2.84 bits per heavy atom. The molecule has 5 nitrogen and oxygen atoms in total. The number of hydrogen-bond acceptors (Lipinski definition) is 4. The highest BCUT2D eigenvalue weighted by Crippen LogP contribution is 2.21. The van der Waals surface area contributed by atoms with Gasteiger partial charge >= 0.3 is 6.09 Å². The van der Waals surface area contributed by atoms with E-state index in [1.54, 1.807) is 0 Å². The van der Waals surface area contributed by atoms with E-state index >= 15 is 0 Å². The lowest BCUT2D eigenvalue weighted by atomic mass is 10.2. The molecule has 1 saturated carbocycles. The molecule has 1 N–H and O–H groups in total. The smallest absolute Gasteiger partial charge is 0.407 e. The van der Waals surface area contributed by atoms with Gasteiger partial charge in [-0.3, -0.25) is 4.79 Å². The predicted octanol–water partition coefficient (Wildman–Crippen LogP) is 2.01. The molecule has 1 fully saturated rings. The van der Waals surface area contributed by atoms with Crippen LogP contribution in [-0.4, -0.2) is 24.7 Å². The quantitative estimate of drug-likeness (QED) is 0.825. The normalized spacial score (nSPS) is 21.7. The molecule has 0 aliphatic heterocycles. The average molecular weight is 263 g/mol. The van der Waals surface area contributed by atoms with Crippen molar-refractivity contribution in [2.24, 2.45) is 0 Å². The summed E-state index contributed by atoms with van der Waals surface area (Å²) in [6.07, 6.45) is 1.72. The number of ether oxygens (including phenoxy) is 2. The Bertz CT molecular complexity index is 421. The van der Waals surface area contributed by atoms with E-state index in [1.165, 1.54) is 0 Å². The Morgan fingerprint density at radius 1 is 1.32 bits per heavy atom. The molecule has 0 spiro atoms. The topological polar surface area (TPSA) is 64.6 Å². The van der Waals surface area contributed by atoms with Gasteiger partial charge in [0.1, 0.15) is 12.7 Å². The molecule has 19 heavy (non-hydrogen) atoms. The average Bonchev–Trinajstić information content (AvgIpc) is 2.85. The van der Waals surface area contributed by atoms with E-state index in [2.05, 4.69) is 5.32 Å². The summed E-state index contributed by atoms with van der Waals surface area (Å²) in [5.41, 5.74) is 0.950. The van der Waals surface area contributed by atoms with Crippen molar-refractivity contribution in [1.29, 1.82) is 0 Å². The van der Waals surface area contributed by atoms with E-state index in [-0.39, 0.29) is 18.8 Å². The number of benzene rings is 1. The Hall–Kier alpha value is -2.04. The zero-order valence-corrected chi connectivity index (χ0v) is 10.6. The first-order valence-electron chi connectivity index (χ1n) is 6.34. The molecule has 0 bridgehead atoms. The zero-order chi connectivity index (χ0) is 13.5. The molecule has 1 aromatic rings. The molecule has 0 aromatic heterocycles. The second-order valence-corrected chi connectivity index (χ2v) is 4.57. The third-order valence-electron chi connectivity index (χ3n) is 3.17. The molecule has 5 heteroatoms. The van der Waals surface area contributed by atoms with E-state index < -0.39 is 6.09 Å². The number of rotatable bonds is 5. The van der Waals surface area contributed by atoms with Gasteiger partial charge in [0.25, 0.3) is 6.47 Å². The third-order valence-corrected chi connectivity index (χ3v) is 3.17. The van der Waals surface area contributed by atoms with Crippen LogP contribution in [0, 0.1) is 0 Å². The summed E-state index contributed by atoms with van der Waals surface area (Å²) in [7, 11) is 0. The van der Waals surface area contributed by atoms with Crippen molar-refractivity contribution in [3.63, 3.8) is 0 Å². The highest BCUT2D eigenvalue weighted by atomic mass is 16.5. The van der Waals surface area contributed by atoms with Crippen molar-refractivity contribution in [2.75, 3.05) is 0 Å². The lowest BCUT2D eigenvalue weighted by molar-refractivity contribution is -0.133. The minimum Gasteiger partial charge on any atom is -0.465 e. The van der Waals surface area contributed by atoms with Gasteiger partial charge in [0.05, 0.1) is 0 Å². The number of nitrogens with one attached hydrogen (secondary N) is 1. The highest BCUT2D eigenvalue weighted by Gasteiger charge is 2.27. The Kier molecular flexibility index (Phi) is 4.78. The van der Waals surface area contributed by atoms with Gasteiger partial charge in [-0.2, -0.15) is 0 Å². The molecule has 0 radical (unpaired) electrons. The van der Waals surface area contributed by atoms with Crippen LogP contribution >= 0.6 is 0 Å². The van der Waals surface area contributed by atoms with Crippen molar-refractivity contribution in [3.05, 3.63) is 35.9 Å². The van der Waals surface area contributed by atoms with Crippen molar-refractivity contribution in [3.8, 4) is 0 Å². The summed E-state index contributed by atoms with van der Waals surface area (Å²) in [4.78, 5) is 21.8. The summed E-state index contributed by atoms with van der Waals surface area (Å²) >= 11 is 0. The van der Waals surface area contributed by atoms with E-state index in [9.17, 15) is 9.59 Å². The molecule has 1 amide bonds. The summed E-state index contributed by atoms with van der Waals surface area (Å²) < 4.78 is 10.00. The maximum Gasteiger partial charge on any atom is 0.407 e. The molecule has 1 aliphatic rings. The monoisotopic (exact) mass is 263 g/mol. The largest absolute Gasteiger partial charge is 0.465 e. The number of hydrogen-bond donors (Lipinski definition) is 1. The fourth-order valence-corrected chi connectivity index (χ4v) is 2.20. The summed E-state index contributed by atoms with van der Waals surface area (Å²) in [6, 6.07) is 9.53. The first kappa shape index (κ1) is 13.4. The van der Waals surface area contributed by atoms with Gasteiger partial charge < -0.3 is 14.8 Å². The highest BCUT2D eigenvalue weighted by molar-refractivity contribution is 5.67. The molecule has 1 aromatic carbocycles. The van der Waals surface area contributed by atoms with Gasteiger partial charge in [-0.05, 0) is 18.4 Å². The lowest BCUT2D eigenvalue weighted by Crippen LogP contribution is -2.33. The van der Waals surface area contributed by atoms with Gasteiger partial charge in [-0.25, -0.2) is 4.79 Å². The molecule has 0 saturated heterocycles. The fourth-order valence-electron chi connectivity index (χ4n) is 2.20. The minimum absolute atomic E-state index is 0.0215. The van der Waals surface area contributed by atoms with Crippen LogP contribution in [0.2, 0.25) is 0 Å². The molecule has 2 atom stereocenters. The molecular formula is C14H17NO4. The molecule has 0 heterocycles. The standard InChI is InChI=1S/C14H17NO4/c16-10-19-13-7-6-12(8-13)15-14(17)18-9-11-4-2-1-3-5-11/h1-5,10,12-13H,6-9H2,(H,15,17)/t12-,13-/m1/s1. The van der Waals surface area contributed by atoms with Gasteiger partial charge in [0, 0.05) is 12.5 Å². The number of carbonyl (C=O) groups excluding carboxylic acids is 2. The van der Waals surface area contributed by atoms with Crippen molar-refractivity contribution in [1.82, 2.24) is 5.32 Å². The Morgan fingerprint density at radius 2 is 2.11 bits per heavy atom. The predicted molar refractivity (Wildman–Crippen MR) is 68.3 cm³/mol. The summed E-state index contributed by atoms with van der Waals surface area (Å²) in [6.45, 7) is 0.717. The van der Waals surface area contributed by atoms with Crippen LogP contribution in [0.4, 0.5) is 4.79 Å². The van der Waals surface area contributed by atoms with Gasteiger partial charge in [-0.1, -0.05) is 30.3 Å². The van der Waals surface area contributed by atoms with Gasteiger partial charge in [-0.15, -0.1) is 0 Å². The maximum absolute atomic E-state index is 11.6. The SMILES string of the molecule is O=CO[C@@H]1CC[C@@H](NC(=O)OCc2ccccc2)C1. The number of alkyl carbamates (subject to hydrolysis) is 1. The summed E-state index contributed by atoms with van der Waals surface area (Å²) in [5, 5.41) is 2.78. The number of amides is 1. The molecule has 0 unspecified atom stereocenters. The lowest BCUT2D eigenvalue weighted by Gasteiger charge is -2.13. The van der Waals surface area contributed by atoms with Crippen LogP contribution in [0.5, 0.6) is 0 Å². The third kappa shape index (κ3) is 4.28. The molecule has 2 rings (SSSR count). The minimum atomic E-state index is -0.430. The van der Waals surface area contributed by atoms with Crippen LogP contribution < -0.4 is 5.32 Å². The van der Waals surface area contributed by atoms with E-state index in [0.717, 1.165) is 18.4 Å². The maximum atomic E-state index is 11.6. The molecular weight excluding hydrogens is 246 g/mol. The Labute approximate surface area is 111 Å². The first-order valence-corrected chi connectivity index (χ1v) is 6.34. The van der Waals surface area contributed by atoms with E-state index in [0.29, 0.717) is 12.9 Å². The van der Waals surface area contributed by atoms with Crippen LogP contribution in [0.25, 0.3) is 0 Å². The second-order valence-electron chi connectivity index (χ2n) is 4.57. The fraction of sp³-hybridized carbons (Fsp3) is 0.429. The van der Waals surface area contributed by atoms with E-state index in [4.69, 9.17) is 9.47 Å². The van der Waals surface area contributed by atoms with Crippen LogP contribution in [0.3, 0.4) is 0 Å². The summed E-state index contributed by atoms with van der Waals surface area (Å²) in [5.74, 6) is 0. The van der Waals surface area contributed by atoms with Crippen LogP contribution in [0.15, 0.2) is 30.3 Å². The molecule has 102 valence electrons. The van der Waals surface area contributed by atoms with Gasteiger partial charge in [0.2, 0.25) is 0 Å². The van der Waals surface area contributed by atoms with Crippen molar-refractivity contribution >= 4 is 12.6 Å². The van der Waals surface area contributed by atoms with Crippen LogP contribution in [0.1, 0.15) is 24.8 Å². The van der Waals surface area contributed by atoms with Crippen molar-refractivity contribution < 1.29 is 19.1 Å². The molecule has 1 aliphatic carbocycles. The second kappa shape index (κ2) is 6.78. The number of carbonyl (C=O) groups is 2. The van der Waals surface area contributed by atoms with E-state index in [1.807, 2.05) is 30.3 Å². The zero-order valence-electron chi connectivity index (χ0n) is 10.6.